The first kappa shape index (κ1) is 8.32. The predicted molar refractivity (Wildman–Crippen MR) is 56.0 cm³/mol. The van der Waals surface area contributed by atoms with E-state index in [1.54, 1.807) is 6.07 Å². The summed E-state index contributed by atoms with van der Waals surface area (Å²) in [6, 6.07) is 3.72. The Morgan fingerprint density at radius 2 is 2.33 bits per heavy atom. The Kier molecular flexibility index (Phi) is 1.66. The van der Waals surface area contributed by atoms with Gasteiger partial charge in [0.1, 0.15) is 5.82 Å². The van der Waals surface area contributed by atoms with Crippen LogP contribution in [0, 0.1) is 0 Å². The van der Waals surface area contributed by atoms with Crippen molar-refractivity contribution in [3.05, 3.63) is 40.8 Å². The van der Waals surface area contributed by atoms with Crippen molar-refractivity contribution >= 4 is 11.2 Å². The van der Waals surface area contributed by atoms with Crippen molar-refractivity contribution in [2.24, 2.45) is 5.11 Å². The van der Waals surface area contributed by atoms with E-state index in [1.807, 2.05) is 22.9 Å². The summed E-state index contributed by atoms with van der Waals surface area (Å²) < 4.78 is 2.02. The lowest BCUT2D eigenvalue weighted by Gasteiger charge is -1.99. The molecular formula is C10H9N5. The molecule has 0 amide bonds. The van der Waals surface area contributed by atoms with Crippen molar-refractivity contribution in [1.82, 2.24) is 9.38 Å². The van der Waals surface area contributed by atoms with E-state index >= 15 is 0 Å². The maximum atomic E-state index is 8.37. The molecule has 5 nitrogen and oxygen atoms in total. The molecule has 1 saturated carbocycles. The third-order valence-corrected chi connectivity index (χ3v) is 2.64. The average Bonchev–Trinajstić information content (AvgIpc) is 3.00. The van der Waals surface area contributed by atoms with Crippen LogP contribution in [0.15, 0.2) is 29.6 Å². The van der Waals surface area contributed by atoms with E-state index in [0.29, 0.717) is 11.6 Å². The molecule has 0 radical (unpaired) electrons. The quantitative estimate of drug-likeness (QED) is 0.416. The van der Waals surface area contributed by atoms with Crippen LogP contribution >= 0.6 is 0 Å². The van der Waals surface area contributed by atoms with Gasteiger partial charge in [0.25, 0.3) is 0 Å². The predicted octanol–water partition coefficient (Wildman–Crippen LogP) is 3.15. The van der Waals surface area contributed by atoms with E-state index in [0.717, 1.165) is 11.3 Å². The summed E-state index contributed by atoms with van der Waals surface area (Å²) in [6.45, 7) is 0. The van der Waals surface area contributed by atoms with E-state index in [-0.39, 0.29) is 0 Å². The molecule has 1 fully saturated rings. The Labute approximate surface area is 86.0 Å². The molecule has 15 heavy (non-hydrogen) atoms. The van der Waals surface area contributed by atoms with Crippen molar-refractivity contribution in [2.45, 2.75) is 18.8 Å². The van der Waals surface area contributed by atoms with Crippen molar-refractivity contribution in [1.29, 1.82) is 0 Å². The van der Waals surface area contributed by atoms with Crippen LogP contribution in [0.5, 0.6) is 0 Å². The highest BCUT2D eigenvalue weighted by molar-refractivity contribution is 5.52. The number of nitrogens with zero attached hydrogens (tertiary/aromatic N) is 5. The van der Waals surface area contributed by atoms with Crippen LogP contribution in [0.1, 0.15) is 24.6 Å². The van der Waals surface area contributed by atoms with Crippen LogP contribution in [0.2, 0.25) is 0 Å². The third kappa shape index (κ3) is 1.33. The van der Waals surface area contributed by atoms with Gasteiger partial charge >= 0.3 is 0 Å². The van der Waals surface area contributed by atoms with Crippen molar-refractivity contribution in [2.75, 3.05) is 0 Å². The molecule has 2 heterocycles. The van der Waals surface area contributed by atoms with Gasteiger partial charge in [0.15, 0.2) is 0 Å². The zero-order chi connectivity index (χ0) is 10.3. The summed E-state index contributed by atoms with van der Waals surface area (Å²) in [5.74, 6) is 1.67. The van der Waals surface area contributed by atoms with Crippen molar-refractivity contribution < 1.29 is 0 Å². The maximum absolute atomic E-state index is 8.37. The summed E-state index contributed by atoms with van der Waals surface area (Å²) in [5.41, 5.74) is 10.0. The Morgan fingerprint density at radius 1 is 1.47 bits per heavy atom. The Hall–Kier alpha value is -2.00. The highest BCUT2D eigenvalue weighted by Gasteiger charge is 2.27. The second-order valence-corrected chi connectivity index (χ2v) is 3.76. The summed E-state index contributed by atoms with van der Waals surface area (Å²) in [7, 11) is 0. The van der Waals surface area contributed by atoms with E-state index in [9.17, 15) is 0 Å². The van der Waals surface area contributed by atoms with Gasteiger partial charge in [0, 0.05) is 17.0 Å². The van der Waals surface area contributed by atoms with Crippen LogP contribution < -0.4 is 0 Å². The number of fused-ring (bicyclic) bond motifs is 1. The van der Waals surface area contributed by atoms with Crippen LogP contribution in [0.4, 0.5) is 5.69 Å². The average molecular weight is 199 g/mol. The molecule has 0 aliphatic heterocycles. The fourth-order valence-electron chi connectivity index (χ4n) is 1.75. The molecule has 1 aliphatic carbocycles. The summed E-state index contributed by atoms with van der Waals surface area (Å²) in [6.07, 6.45) is 6.12. The SMILES string of the molecule is [N-]=[N+]=Nc1ccc2cnc(C3CC3)n2c1. The molecule has 0 unspecified atom stereocenters. The highest BCUT2D eigenvalue weighted by atomic mass is 15.1. The van der Waals surface area contributed by atoms with E-state index in [4.69, 9.17) is 5.53 Å². The standard InChI is InChI=1S/C10H9N5/c11-14-13-8-3-4-9-5-12-10(7-1-2-7)15(9)6-8/h3-7H,1-2H2. The molecule has 0 N–H and O–H groups in total. The minimum Gasteiger partial charge on any atom is -0.303 e. The molecule has 0 spiro atoms. The third-order valence-electron chi connectivity index (χ3n) is 2.64. The number of imidazole rings is 1. The first-order valence-electron chi connectivity index (χ1n) is 4.90. The van der Waals surface area contributed by atoms with Gasteiger partial charge < -0.3 is 4.40 Å². The normalized spacial score (nSPS) is 15.2. The molecule has 3 rings (SSSR count). The fraction of sp³-hybridized carbons (Fsp3) is 0.300. The monoisotopic (exact) mass is 199 g/mol. The number of aromatic nitrogens is 2. The summed E-state index contributed by atoms with van der Waals surface area (Å²) in [4.78, 5) is 7.17. The molecule has 0 aromatic carbocycles. The highest BCUT2D eigenvalue weighted by Crippen LogP contribution is 2.39. The molecule has 5 heteroatoms. The fourth-order valence-corrected chi connectivity index (χ4v) is 1.75. The van der Waals surface area contributed by atoms with Crippen molar-refractivity contribution in [3.63, 3.8) is 0 Å². The minimum absolute atomic E-state index is 0.591. The molecular weight excluding hydrogens is 190 g/mol. The zero-order valence-corrected chi connectivity index (χ0v) is 8.04. The van der Waals surface area contributed by atoms with Crippen LogP contribution in [0.25, 0.3) is 16.0 Å². The maximum Gasteiger partial charge on any atom is 0.116 e. The van der Waals surface area contributed by atoms with Gasteiger partial charge in [-0.25, -0.2) is 4.98 Å². The number of hydrogen-bond donors (Lipinski definition) is 0. The molecule has 2 aromatic rings. The Balaban J connectivity index is 2.21. The molecule has 1 aliphatic rings. The van der Waals surface area contributed by atoms with Gasteiger partial charge in [-0.15, -0.1) is 0 Å². The molecule has 0 bridgehead atoms. The van der Waals surface area contributed by atoms with Gasteiger partial charge in [0.2, 0.25) is 0 Å². The van der Waals surface area contributed by atoms with E-state index in [2.05, 4.69) is 15.0 Å². The lowest BCUT2D eigenvalue weighted by molar-refractivity contribution is 0.920. The Morgan fingerprint density at radius 3 is 3.07 bits per heavy atom. The van der Waals surface area contributed by atoms with Crippen LogP contribution in [0.3, 0.4) is 0 Å². The number of hydrogen-bond acceptors (Lipinski definition) is 2. The molecule has 0 saturated heterocycles. The second-order valence-electron chi connectivity index (χ2n) is 3.76. The first-order valence-corrected chi connectivity index (χ1v) is 4.90. The summed E-state index contributed by atoms with van der Waals surface area (Å²) >= 11 is 0. The van der Waals surface area contributed by atoms with Crippen LogP contribution in [-0.2, 0) is 0 Å². The number of pyridine rings is 1. The van der Waals surface area contributed by atoms with Gasteiger partial charge in [-0.3, -0.25) is 0 Å². The molecule has 74 valence electrons. The zero-order valence-electron chi connectivity index (χ0n) is 8.04. The Bertz CT molecular complexity index is 560. The first-order chi connectivity index (χ1) is 7.38. The van der Waals surface area contributed by atoms with Crippen molar-refractivity contribution in [3.8, 4) is 0 Å². The topological polar surface area (TPSA) is 66.1 Å². The van der Waals surface area contributed by atoms with Gasteiger partial charge in [-0.05, 0) is 30.5 Å². The lowest BCUT2D eigenvalue weighted by Crippen LogP contribution is -1.90. The smallest absolute Gasteiger partial charge is 0.116 e. The number of rotatable bonds is 2. The lowest BCUT2D eigenvalue weighted by atomic mass is 10.3. The molecule has 2 aromatic heterocycles. The van der Waals surface area contributed by atoms with Gasteiger partial charge in [-0.1, -0.05) is 5.11 Å². The molecule has 0 atom stereocenters. The van der Waals surface area contributed by atoms with Crippen LogP contribution in [-0.4, -0.2) is 9.38 Å². The summed E-state index contributed by atoms with van der Waals surface area (Å²) in [5, 5.41) is 3.59. The van der Waals surface area contributed by atoms with E-state index < -0.39 is 0 Å². The van der Waals surface area contributed by atoms with Gasteiger partial charge in [0.05, 0.1) is 17.4 Å². The largest absolute Gasteiger partial charge is 0.303 e. The minimum atomic E-state index is 0.591. The second kappa shape index (κ2) is 3.00. The van der Waals surface area contributed by atoms with E-state index in [1.165, 1.54) is 12.8 Å². The number of azide groups is 1. The van der Waals surface area contributed by atoms with Gasteiger partial charge in [-0.2, -0.15) is 0 Å².